The Kier molecular flexibility index (Phi) is 3.54. The molecule has 0 atom stereocenters. The molecule has 0 fully saturated rings. The third-order valence-corrected chi connectivity index (χ3v) is 1.46. The summed E-state index contributed by atoms with van der Waals surface area (Å²) in [5.74, 6) is 0.402. The summed E-state index contributed by atoms with van der Waals surface area (Å²) < 4.78 is 4.78. The number of amides is 1. The van der Waals surface area contributed by atoms with Gasteiger partial charge >= 0.3 is 6.09 Å². The predicted molar refractivity (Wildman–Crippen MR) is 47.6 cm³/mol. The van der Waals surface area contributed by atoms with Gasteiger partial charge in [-0.05, 0) is 24.3 Å². The van der Waals surface area contributed by atoms with Gasteiger partial charge in [-0.15, -0.1) is 0 Å². The van der Waals surface area contributed by atoms with E-state index in [1.54, 1.807) is 24.3 Å². The normalized spacial score (nSPS) is 9.38. The number of hydrogen-bond donors (Lipinski definition) is 1. The molecule has 0 aliphatic rings. The van der Waals surface area contributed by atoms with Gasteiger partial charge < -0.3 is 4.74 Å². The summed E-state index contributed by atoms with van der Waals surface area (Å²) in [5, 5.41) is 0.583. The van der Waals surface area contributed by atoms with E-state index in [-0.39, 0.29) is 0 Å². The van der Waals surface area contributed by atoms with Crippen molar-refractivity contribution in [1.82, 2.24) is 5.48 Å². The van der Waals surface area contributed by atoms with Crippen molar-refractivity contribution in [1.29, 1.82) is 0 Å². The van der Waals surface area contributed by atoms with Gasteiger partial charge in [-0.1, -0.05) is 11.6 Å². The van der Waals surface area contributed by atoms with Crippen LogP contribution in [0.5, 0.6) is 5.75 Å². The van der Waals surface area contributed by atoms with Crippen LogP contribution in [0.4, 0.5) is 4.79 Å². The number of ether oxygens (including phenoxy) is 1. The molecule has 70 valence electrons. The van der Waals surface area contributed by atoms with Gasteiger partial charge in [-0.25, -0.2) is 4.79 Å². The molecule has 1 aromatic carbocycles. The lowest BCUT2D eigenvalue weighted by Crippen LogP contribution is -2.25. The molecule has 0 heterocycles. The largest absolute Gasteiger partial charge is 0.436 e. The third kappa shape index (κ3) is 3.31. The molecule has 0 aliphatic heterocycles. The van der Waals surface area contributed by atoms with E-state index in [1.807, 2.05) is 5.48 Å². The highest BCUT2D eigenvalue weighted by Gasteiger charge is 2.01. The van der Waals surface area contributed by atoms with Crippen molar-refractivity contribution in [2.45, 2.75) is 0 Å². The molecule has 4 nitrogen and oxygen atoms in total. The monoisotopic (exact) mass is 201 g/mol. The average Bonchev–Trinajstić information content (AvgIpc) is 2.09. The fourth-order valence-corrected chi connectivity index (χ4v) is 0.840. The van der Waals surface area contributed by atoms with Crippen LogP contribution < -0.4 is 10.2 Å². The minimum absolute atomic E-state index is 0.402. The standard InChI is InChI=1S/C8H8ClNO3/c1-12-10-8(11)13-7-4-2-6(9)3-5-7/h2-5H,1H3,(H,10,11). The van der Waals surface area contributed by atoms with Gasteiger partial charge in [0.05, 0.1) is 7.11 Å². The molecule has 1 aromatic rings. The maximum Gasteiger partial charge on any atom is 0.436 e. The molecule has 1 N–H and O–H groups in total. The number of carbonyl (C=O) groups excluding carboxylic acids is 1. The van der Waals surface area contributed by atoms with Crippen molar-refractivity contribution in [2.24, 2.45) is 0 Å². The SMILES string of the molecule is CONC(=O)Oc1ccc(Cl)cc1. The molecule has 0 radical (unpaired) electrons. The number of hydrogen-bond acceptors (Lipinski definition) is 3. The summed E-state index contributed by atoms with van der Waals surface area (Å²) in [6.07, 6.45) is -0.676. The van der Waals surface area contributed by atoms with E-state index in [4.69, 9.17) is 16.3 Å². The molecule has 13 heavy (non-hydrogen) atoms. The van der Waals surface area contributed by atoms with Crippen LogP contribution in [0.2, 0.25) is 5.02 Å². The van der Waals surface area contributed by atoms with Crippen LogP contribution in [-0.2, 0) is 4.84 Å². The first-order valence-electron chi connectivity index (χ1n) is 3.49. The van der Waals surface area contributed by atoms with Crippen molar-refractivity contribution in [3.05, 3.63) is 29.3 Å². The van der Waals surface area contributed by atoms with Crippen LogP contribution in [0.15, 0.2) is 24.3 Å². The zero-order chi connectivity index (χ0) is 9.68. The first-order valence-corrected chi connectivity index (χ1v) is 3.86. The van der Waals surface area contributed by atoms with Crippen LogP contribution >= 0.6 is 11.6 Å². The lowest BCUT2D eigenvalue weighted by atomic mass is 10.3. The van der Waals surface area contributed by atoms with Gasteiger partial charge in [-0.3, -0.25) is 4.84 Å². The predicted octanol–water partition coefficient (Wildman–Crippen LogP) is 1.99. The van der Waals surface area contributed by atoms with Gasteiger partial charge in [-0.2, -0.15) is 5.48 Å². The van der Waals surface area contributed by atoms with Gasteiger partial charge in [0.2, 0.25) is 0 Å². The van der Waals surface area contributed by atoms with Crippen LogP contribution in [0.1, 0.15) is 0 Å². The van der Waals surface area contributed by atoms with Crippen LogP contribution in [0, 0.1) is 0 Å². The number of nitrogens with one attached hydrogen (secondary N) is 1. The molecule has 1 amide bonds. The van der Waals surface area contributed by atoms with Gasteiger partial charge in [0, 0.05) is 5.02 Å². The number of carbonyl (C=O) groups is 1. The fourth-order valence-electron chi connectivity index (χ4n) is 0.714. The fraction of sp³-hybridized carbons (Fsp3) is 0.125. The van der Waals surface area contributed by atoms with Gasteiger partial charge in [0.25, 0.3) is 0 Å². The molecule has 0 bridgehead atoms. The summed E-state index contributed by atoms with van der Waals surface area (Å²) in [6.45, 7) is 0. The Morgan fingerprint density at radius 3 is 2.54 bits per heavy atom. The molecule has 0 unspecified atom stereocenters. The van der Waals surface area contributed by atoms with Crippen molar-refractivity contribution in [3.8, 4) is 5.75 Å². The molecule has 0 aromatic heterocycles. The number of hydroxylamine groups is 1. The lowest BCUT2D eigenvalue weighted by molar-refractivity contribution is 0.0846. The second-order valence-corrected chi connectivity index (χ2v) is 2.59. The van der Waals surface area contributed by atoms with E-state index < -0.39 is 6.09 Å². The Balaban J connectivity index is 2.54. The van der Waals surface area contributed by atoms with Gasteiger partial charge in [0.1, 0.15) is 5.75 Å². The van der Waals surface area contributed by atoms with Crippen LogP contribution in [-0.4, -0.2) is 13.2 Å². The van der Waals surface area contributed by atoms with E-state index >= 15 is 0 Å². The molecular weight excluding hydrogens is 194 g/mol. The molecule has 0 saturated carbocycles. The first-order chi connectivity index (χ1) is 6.22. The number of halogens is 1. The highest BCUT2D eigenvalue weighted by atomic mass is 35.5. The van der Waals surface area contributed by atoms with Crippen molar-refractivity contribution in [3.63, 3.8) is 0 Å². The minimum Gasteiger partial charge on any atom is -0.409 e. The van der Waals surface area contributed by atoms with E-state index in [0.717, 1.165) is 0 Å². The van der Waals surface area contributed by atoms with E-state index in [0.29, 0.717) is 10.8 Å². The highest BCUT2D eigenvalue weighted by molar-refractivity contribution is 6.30. The maximum absolute atomic E-state index is 10.8. The summed E-state index contributed by atoms with van der Waals surface area (Å²) in [4.78, 5) is 15.2. The maximum atomic E-state index is 10.8. The molecule has 0 aliphatic carbocycles. The highest BCUT2D eigenvalue weighted by Crippen LogP contribution is 2.15. The molecular formula is C8H8ClNO3. The van der Waals surface area contributed by atoms with E-state index in [1.165, 1.54) is 7.11 Å². The van der Waals surface area contributed by atoms with Crippen LogP contribution in [0.3, 0.4) is 0 Å². The zero-order valence-corrected chi connectivity index (χ0v) is 7.67. The summed E-state index contributed by atoms with van der Waals surface area (Å²) in [7, 11) is 1.32. The Bertz CT molecular complexity index is 286. The van der Waals surface area contributed by atoms with Crippen molar-refractivity contribution >= 4 is 17.7 Å². The zero-order valence-electron chi connectivity index (χ0n) is 6.91. The molecule has 5 heteroatoms. The third-order valence-electron chi connectivity index (χ3n) is 1.21. The topological polar surface area (TPSA) is 47.6 Å². The Labute approximate surface area is 80.4 Å². The summed E-state index contributed by atoms with van der Waals surface area (Å²) in [5.41, 5.74) is 2.01. The Morgan fingerprint density at radius 1 is 1.38 bits per heavy atom. The smallest absolute Gasteiger partial charge is 0.409 e. The van der Waals surface area contributed by atoms with Crippen molar-refractivity contribution in [2.75, 3.05) is 7.11 Å². The molecule has 0 saturated heterocycles. The molecule has 0 spiro atoms. The minimum atomic E-state index is -0.676. The second-order valence-electron chi connectivity index (χ2n) is 2.15. The van der Waals surface area contributed by atoms with E-state index in [2.05, 4.69) is 4.84 Å². The summed E-state index contributed by atoms with van der Waals surface area (Å²) in [6, 6.07) is 6.41. The quantitative estimate of drug-likeness (QED) is 0.745. The molecule has 1 rings (SSSR count). The number of rotatable bonds is 2. The van der Waals surface area contributed by atoms with Crippen molar-refractivity contribution < 1.29 is 14.4 Å². The summed E-state index contributed by atoms with van der Waals surface area (Å²) >= 11 is 5.63. The lowest BCUT2D eigenvalue weighted by Gasteiger charge is -2.03. The second kappa shape index (κ2) is 4.69. The Hall–Kier alpha value is -1.26. The Morgan fingerprint density at radius 2 is 2.00 bits per heavy atom. The number of benzene rings is 1. The average molecular weight is 202 g/mol. The van der Waals surface area contributed by atoms with Gasteiger partial charge in [0.15, 0.2) is 0 Å². The first kappa shape index (κ1) is 9.83. The van der Waals surface area contributed by atoms with Crippen LogP contribution in [0.25, 0.3) is 0 Å². The van der Waals surface area contributed by atoms with E-state index in [9.17, 15) is 4.79 Å².